The van der Waals surface area contributed by atoms with E-state index in [1.807, 2.05) is 6.92 Å². The van der Waals surface area contributed by atoms with E-state index in [0.29, 0.717) is 45.9 Å². The lowest BCUT2D eigenvalue weighted by atomic mass is 10.0. The molecule has 2 aliphatic heterocycles. The van der Waals surface area contributed by atoms with Crippen molar-refractivity contribution >= 4 is 39.0 Å². The van der Waals surface area contributed by atoms with Crippen molar-refractivity contribution in [1.82, 2.24) is 15.2 Å². The van der Waals surface area contributed by atoms with Gasteiger partial charge in [-0.15, -0.1) is 0 Å². The van der Waals surface area contributed by atoms with Gasteiger partial charge >= 0.3 is 0 Å². The fourth-order valence-electron chi connectivity index (χ4n) is 4.56. The Morgan fingerprint density at radius 2 is 1.97 bits per heavy atom. The third kappa shape index (κ3) is 5.23. The largest absolute Gasteiger partial charge is 0.358 e. The molecule has 1 aromatic heterocycles. The Hall–Kier alpha value is -2.98. The number of nitrogens with one attached hydrogen (secondary N) is 3. The first kappa shape index (κ1) is 24.2. The molecule has 8 nitrogen and oxygen atoms in total. The first-order valence-electron chi connectivity index (χ1n) is 11.2. The number of benzene rings is 1. The summed E-state index contributed by atoms with van der Waals surface area (Å²) >= 11 is 0. The fourth-order valence-corrected chi connectivity index (χ4v) is 5.15. The van der Waals surface area contributed by atoms with Crippen molar-refractivity contribution in [3.05, 3.63) is 52.1 Å². The number of anilines is 1. The topological polar surface area (TPSA) is 111 Å². The third-order valence-electron chi connectivity index (χ3n) is 6.46. The minimum Gasteiger partial charge on any atom is -0.358 e. The molecule has 4 rings (SSSR count). The second kappa shape index (κ2) is 9.34. The number of likely N-dealkylation sites (tertiary alicyclic amines) is 1. The molecular formula is C24H29FN4O4S. The molecule has 2 aromatic rings. The fraction of sp³-hybridized carbons (Fsp3) is 0.417. The van der Waals surface area contributed by atoms with Gasteiger partial charge in [0.05, 0.1) is 16.9 Å². The van der Waals surface area contributed by atoms with Crippen LogP contribution in [0.4, 0.5) is 10.1 Å². The summed E-state index contributed by atoms with van der Waals surface area (Å²) in [5.41, 5.74) is 3.94. The smallest absolute Gasteiger partial charge is 0.256 e. The Morgan fingerprint density at radius 3 is 2.65 bits per heavy atom. The molecule has 34 heavy (non-hydrogen) atoms. The summed E-state index contributed by atoms with van der Waals surface area (Å²) in [6.45, 7) is 5.59. The summed E-state index contributed by atoms with van der Waals surface area (Å²) in [5.74, 6) is -0.796. The maximum atomic E-state index is 13.7. The van der Waals surface area contributed by atoms with Crippen LogP contribution in [0.5, 0.6) is 0 Å². The van der Waals surface area contributed by atoms with Gasteiger partial charge in [0.15, 0.2) is 0 Å². The number of carbonyl (C=O) groups is 2. The third-order valence-corrected chi connectivity index (χ3v) is 7.38. The molecule has 3 heterocycles. The molecule has 1 aromatic carbocycles. The van der Waals surface area contributed by atoms with Gasteiger partial charge in [0.25, 0.3) is 11.8 Å². The Bertz CT molecular complexity index is 1270. The normalized spacial score (nSPS) is 18.2. The van der Waals surface area contributed by atoms with Crippen LogP contribution in [0.2, 0.25) is 0 Å². The Balaban J connectivity index is 1.45. The lowest BCUT2D eigenvalue weighted by Crippen LogP contribution is -2.45. The van der Waals surface area contributed by atoms with E-state index < -0.39 is 15.7 Å². The number of aromatic nitrogens is 1. The maximum absolute atomic E-state index is 13.7. The zero-order valence-corrected chi connectivity index (χ0v) is 20.3. The number of aromatic amines is 1. The van der Waals surface area contributed by atoms with Crippen LogP contribution >= 0.6 is 0 Å². The van der Waals surface area contributed by atoms with E-state index in [4.69, 9.17) is 0 Å². The van der Waals surface area contributed by atoms with E-state index in [1.54, 1.807) is 13.0 Å². The van der Waals surface area contributed by atoms with Crippen LogP contribution < -0.4 is 10.6 Å². The van der Waals surface area contributed by atoms with Gasteiger partial charge in [0.2, 0.25) is 0 Å². The van der Waals surface area contributed by atoms with Gasteiger partial charge in [-0.2, -0.15) is 0 Å². The number of carbonyl (C=O) groups excluding carboxylic acids is 2. The lowest BCUT2D eigenvalue weighted by molar-refractivity contribution is -0.110. The second-order valence-electron chi connectivity index (χ2n) is 9.08. The lowest BCUT2D eigenvalue weighted by Gasteiger charge is -2.32. The number of nitrogens with zero attached hydrogens (tertiary/aromatic N) is 1. The van der Waals surface area contributed by atoms with Crippen molar-refractivity contribution in [3.63, 3.8) is 0 Å². The molecule has 0 atom stereocenters. The molecule has 2 amide bonds. The molecule has 2 aliphatic rings. The van der Waals surface area contributed by atoms with Crippen LogP contribution in [0.15, 0.2) is 18.2 Å². The van der Waals surface area contributed by atoms with E-state index in [0.717, 1.165) is 25.9 Å². The number of sulfone groups is 1. The van der Waals surface area contributed by atoms with Crippen LogP contribution in [-0.2, 0) is 14.6 Å². The summed E-state index contributed by atoms with van der Waals surface area (Å²) in [7, 11) is -2.99. The Morgan fingerprint density at radius 1 is 1.26 bits per heavy atom. The van der Waals surface area contributed by atoms with Crippen LogP contribution in [0.3, 0.4) is 0 Å². The number of hydrogen-bond donors (Lipinski definition) is 3. The van der Waals surface area contributed by atoms with Crippen molar-refractivity contribution in [1.29, 1.82) is 0 Å². The first-order chi connectivity index (χ1) is 16.0. The minimum absolute atomic E-state index is 0.00736. The molecule has 3 N–H and O–H groups in total. The van der Waals surface area contributed by atoms with Crippen molar-refractivity contribution in [2.24, 2.45) is 0 Å². The summed E-state index contributed by atoms with van der Waals surface area (Å²) < 4.78 is 36.5. The summed E-state index contributed by atoms with van der Waals surface area (Å²) in [4.78, 5) is 30.8. The molecule has 1 fully saturated rings. The molecule has 0 bridgehead atoms. The SMILES string of the molecule is Cc1[nH]c(/C=C2\C(=O)Nc3ccc(F)cc32)c(C)c1C(=O)NC1CCN(CCS(C)(=O)=O)CC1. The number of halogens is 1. The van der Waals surface area contributed by atoms with E-state index in [1.165, 1.54) is 24.5 Å². The highest BCUT2D eigenvalue weighted by Crippen LogP contribution is 2.34. The van der Waals surface area contributed by atoms with Crippen LogP contribution in [-0.4, -0.2) is 67.8 Å². The molecule has 0 saturated carbocycles. The standard InChI is InChI=1S/C24H29FN4O4S/c1-14-21(13-19-18-12-16(25)4-5-20(18)28-23(19)30)26-15(2)22(14)24(31)27-17-6-8-29(9-7-17)10-11-34(3,32)33/h4-5,12-13,17,26H,6-11H2,1-3H3,(H,27,31)(H,28,30)/b19-13-. The Labute approximate surface area is 198 Å². The van der Waals surface area contributed by atoms with E-state index >= 15 is 0 Å². The molecule has 0 spiro atoms. The van der Waals surface area contributed by atoms with Gasteiger partial charge in [0.1, 0.15) is 15.7 Å². The van der Waals surface area contributed by atoms with Crippen molar-refractivity contribution in [2.45, 2.75) is 32.7 Å². The zero-order chi connectivity index (χ0) is 24.6. The monoisotopic (exact) mass is 488 g/mol. The van der Waals surface area contributed by atoms with Gasteiger partial charge in [-0.25, -0.2) is 12.8 Å². The predicted octanol–water partition coefficient (Wildman–Crippen LogP) is 2.50. The van der Waals surface area contributed by atoms with Crippen molar-refractivity contribution in [3.8, 4) is 0 Å². The molecule has 182 valence electrons. The molecule has 10 heteroatoms. The number of aryl methyl sites for hydroxylation is 1. The van der Waals surface area contributed by atoms with Gasteiger partial charge in [0, 0.05) is 54.6 Å². The average molecular weight is 489 g/mol. The number of amides is 2. The van der Waals surface area contributed by atoms with Crippen molar-refractivity contribution < 1.29 is 22.4 Å². The predicted molar refractivity (Wildman–Crippen MR) is 130 cm³/mol. The zero-order valence-electron chi connectivity index (χ0n) is 19.5. The van der Waals surface area contributed by atoms with Gasteiger partial charge in [-0.05, 0) is 56.5 Å². The molecule has 0 radical (unpaired) electrons. The highest BCUT2D eigenvalue weighted by molar-refractivity contribution is 7.90. The molecule has 0 unspecified atom stereocenters. The second-order valence-corrected chi connectivity index (χ2v) is 11.3. The minimum atomic E-state index is -2.99. The first-order valence-corrected chi connectivity index (χ1v) is 13.3. The van der Waals surface area contributed by atoms with Gasteiger partial charge < -0.3 is 20.5 Å². The van der Waals surface area contributed by atoms with Gasteiger partial charge in [-0.3, -0.25) is 9.59 Å². The summed E-state index contributed by atoms with van der Waals surface area (Å²) in [5, 5.41) is 5.82. The molecule has 0 aliphatic carbocycles. The summed E-state index contributed by atoms with van der Waals surface area (Å²) in [6, 6.07) is 4.15. The number of H-pyrrole nitrogens is 1. The maximum Gasteiger partial charge on any atom is 0.256 e. The molecule has 1 saturated heterocycles. The number of hydrogen-bond acceptors (Lipinski definition) is 5. The van der Waals surface area contributed by atoms with E-state index in [9.17, 15) is 22.4 Å². The van der Waals surface area contributed by atoms with Crippen LogP contribution in [0, 0.1) is 19.7 Å². The van der Waals surface area contributed by atoms with E-state index in [2.05, 4.69) is 20.5 Å². The van der Waals surface area contributed by atoms with Crippen LogP contribution in [0.1, 0.15) is 45.7 Å². The summed E-state index contributed by atoms with van der Waals surface area (Å²) in [6.07, 6.45) is 4.39. The molecular weight excluding hydrogens is 459 g/mol. The highest BCUT2D eigenvalue weighted by atomic mass is 32.2. The van der Waals surface area contributed by atoms with Crippen LogP contribution in [0.25, 0.3) is 11.6 Å². The average Bonchev–Trinajstić information content (AvgIpc) is 3.22. The van der Waals surface area contributed by atoms with E-state index in [-0.39, 0.29) is 23.6 Å². The number of fused-ring (bicyclic) bond motifs is 1. The van der Waals surface area contributed by atoms with Crippen molar-refractivity contribution in [2.75, 3.05) is 37.0 Å². The number of piperidine rings is 1. The quantitative estimate of drug-likeness (QED) is 0.541. The van der Waals surface area contributed by atoms with Gasteiger partial charge in [-0.1, -0.05) is 0 Å². The Kier molecular flexibility index (Phi) is 6.64. The highest BCUT2D eigenvalue weighted by Gasteiger charge is 2.27. The number of rotatable bonds is 6.